The summed E-state index contributed by atoms with van der Waals surface area (Å²) in [5.74, 6) is 0.978. The van der Waals surface area contributed by atoms with E-state index in [0.29, 0.717) is 17.2 Å². The van der Waals surface area contributed by atoms with Crippen molar-refractivity contribution in [1.29, 1.82) is 0 Å². The minimum atomic E-state index is -0.705. The maximum absolute atomic E-state index is 12.7. The van der Waals surface area contributed by atoms with Crippen LogP contribution >= 0.6 is 0 Å². The standard InChI is InChI=1S/C20H19N3O3/c1-13-19(14(2)23(22-13)15-8-4-3-5-9-15)21-20(24)18-12-25-16-10-6-7-11-17(16)26-18/h3-11,18H,12H2,1-2H3,(H,21,24)/t18-/m0/s1. The molecule has 1 amide bonds. The molecule has 2 aromatic carbocycles. The molecular weight excluding hydrogens is 330 g/mol. The highest BCUT2D eigenvalue weighted by Crippen LogP contribution is 2.31. The van der Waals surface area contributed by atoms with Gasteiger partial charge >= 0.3 is 0 Å². The largest absolute Gasteiger partial charge is 0.485 e. The second-order valence-corrected chi connectivity index (χ2v) is 6.15. The van der Waals surface area contributed by atoms with Crippen molar-refractivity contribution >= 4 is 11.6 Å². The van der Waals surface area contributed by atoms with Gasteiger partial charge in [-0.05, 0) is 38.1 Å². The zero-order valence-corrected chi connectivity index (χ0v) is 14.6. The molecule has 0 aliphatic carbocycles. The van der Waals surface area contributed by atoms with E-state index in [-0.39, 0.29) is 12.5 Å². The third-order valence-electron chi connectivity index (χ3n) is 4.34. The molecule has 0 spiro atoms. The summed E-state index contributed by atoms with van der Waals surface area (Å²) in [6.07, 6.45) is -0.705. The third kappa shape index (κ3) is 2.90. The summed E-state index contributed by atoms with van der Waals surface area (Å²) in [5, 5.41) is 7.49. The minimum absolute atomic E-state index is 0.174. The van der Waals surface area contributed by atoms with Crippen LogP contribution in [0.3, 0.4) is 0 Å². The SMILES string of the molecule is Cc1nn(-c2ccccc2)c(C)c1NC(=O)[C@@H]1COc2ccccc2O1. The number of rotatable bonds is 3. The monoisotopic (exact) mass is 349 g/mol. The lowest BCUT2D eigenvalue weighted by molar-refractivity contribution is -0.125. The van der Waals surface area contributed by atoms with E-state index < -0.39 is 6.10 Å². The topological polar surface area (TPSA) is 65.4 Å². The van der Waals surface area contributed by atoms with E-state index in [1.165, 1.54) is 0 Å². The average Bonchev–Trinajstić information content (AvgIpc) is 2.96. The molecule has 3 aromatic rings. The van der Waals surface area contributed by atoms with Crippen molar-refractivity contribution < 1.29 is 14.3 Å². The minimum Gasteiger partial charge on any atom is -0.485 e. The molecule has 1 atom stereocenters. The summed E-state index contributed by atoms with van der Waals surface area (Å²) in [5.41, 5.74) is 3.25. The number of benzene rings is 2. The van der Waals surface area contributed by atoms with Crippen molar-refractivity contribution in [3.63, 3.8) is 0 Å². The fourth-order valence-electron chi connectivity index (χ4n) is 3.00. The highest BCUT2D eigenvalue weighted by atomic mass is 16.6. The summed E-state index contributed by atoms with van der Waals surface area (Å²) < 4.78 is 13.2. The number of hydrogen-bond acceptors (Lipinski definition) is 4. The Hall–Kier alpha value is -3.28. The smallest absolute Gasteiger partial charge is 0.269 e. The van der Waals surface area contributed by atoms with Gasteiger partial charge in [-0.2, -0.15) is 5.10 Å². The van der Waals surface area contributed by atoms with Crippen LogP contribution in [0.1, 0.15) is 11.4 Å². The lowest BCUT2D eigenvalue weighted by Gasteiger charge is -2.25. The zero-order chi connectivity index (χ0) is 18.1. The Bertz CT molecular complexity index is 950. The van der Waals surface area contributed by atoms with Crippen LogP contribution in [0.2, 0.25) is 0 Å². The number of aryl methyl sites for hydroxylation is 1. The van der Waals surface area contributed by atoms with Gasteiger partial charge in [0.2, 0.25) is 6.10 Å². The van der Waals surface area contributed by atoms with Crippen LogP contribution in [0.4, 0.5) is 5.69 Å². The van der Waals surface area contributed by atoms with Gasteiger partial charge in [-0.1, -0.05) is 30.3 Å². The lowest BCUT2D eigenvalue weighted by atomic mass is 10.2. The first kappa shape index (κ1) is 16.2. The van der Waals surface area contributed by atoms with Crippen molar-refractivity contribution in [2.24, 2.45) is 0 Å². The average molecular weight is 349 g/mol. The Morgan fingerprint density at radius 1 is 1.08 bits per heavy atom. The van der Waals surface area contributed by atoms with Gasteiger partial charge in [-0.3, -0.25) is 4.79 Å². The van der Waals surface area contributed by atoms with E-state index in [4.69, 9.17) is 9.47 Å². The number of para-hydroxylation sites is 3. The Labute approximate surface area is 151 Å². The first-order valence-electron chi connectivity index (χ1n) is 8.44. The summed E-state index contributed by atoms with van der Waals surface area (Å²) >= 11 is 0. The Morgan fingerprint density at radius 2 is 1.77 bits per heavy atom. The van der Waals surface area contributed by atoms with Crippen LogP contribution < -0.4 is 14.8 Å². The van der Waals surface area contributed by atoms with Gasteiger partial charge in [0, 0.05) is 0 Å². The summed E-state index contributed by atoms with van der Waals surface area (Å²) in [6, 6.07) is 17.1. The summed E-state index contributed by atoms with van der Waals surface area (Å²) in [7, 11) is 0. The van der Waals surface area contributed by atoms with Crippen LogP contribution in [-0.2, 0) is 4.79 Å². The number of hydrogen-bond donors (Lipinski definition) is 1. The predicted octanol–water partition coefficient (Wildman–Crippen LogP) is 3.27. The van der Waals surface area contributed by atoms with Crippen molar-refractivity contribution in [3.8, 4) is 17.2 Å². The van der Waals surface area contributed by atoms with Gasteiger partial charge in [-0.15, -0.1) is 0 Å². The molecule has 0 bridgehead atoms. The highest BCUT2D eigenvalue weighted by Gasteiger charge is 2.28. The number of carbonyl (C=O) groups excluding carboxylic acids is 1. The number of ether oxygens (including phenoxy) is 2. The van der Waals surface area contributed by atoms with Crippen LogP contribution in [0.25, 0.3) is 5.69 Å². The Balaban J connectivity index is 1.55. The van der Waals surface area contributed by atoms with Crippen molar-refractivity contribution in [3.05, 3.63) is 66.0 Å². The molecule has 4 rings (SSSR count). The summed E-state index contributed by atoms with van der Waals surface area (Å²) in [4.78, 5) is 12.7. The van der Waals surface area contributed by atoms with E-state index in [2.05, 4.69) is 10.4 Å². The second-order valence-electron chi connectivity index (χ2n) is 6.15. The first-order chi connectivity index (χ1) is 12.6. The fraction of sp³-hybridized carbons (Fsp3) is 0.200. The third-order valence-corrected chi connectivity index (χ3v) is 4.34. The van der Waals surface area contributed by atoms with Crippen molar-refractivity contribution in [1.82, 2.24) is 9.78 Å². The fourth-order valence-corrected chi connectivity index (χ4v) is 3.00. The van der Waals surface area contributed by atoms with E-state index in [1.807, 2.05) is 67.1 Å². The number of aromatic nitrogens is 2. The molecule has 0 unspecified atom stereocenters. The normalized spacial score (nSPS) is 15.5. The molecule has 2 heterocycles. The van der Waals surface area contributed by atoms with Crippen LogP contribution in [0.5, 0.6) is 11.5 Å². The van der Waals surface area contributed by atoms with Gasteiger partial charge in [0.25, 0.3) is 5.91 Å². The van der Waals surface area contributed by atoms with E-state index >= 15 is 0 Å². The zero-order valence-electron chi connectivity index (χ0n) is 14.6. The molecular formula is C20H19N3O3. The van der Waals surface area contributed by atoms with E-state index in [9.17, 15) is 4.79 Å². The van der Waals surface area contributed by atoms with Crippen molar-refractivity contribution in [2.75, 3.05) is 11.9 Å². The first-order valence-corrected chi connectivity index (χ1v) is 8.44. The second kappa shape index (κ2) is 6.55. The summed E-state index contributed by atoms with van der Waals surface area (Å²) in [6.45, 7) is 3.97. The maximum Gasteiger partial charge on any atom is 0.269 e. The molecule has 1 aliphatic heterocycles. The highest BCUT2D eigenvalue weighted by molar-refractivity contribution is 5.95. The number of anilines is 1. The van der Waals surface area contributed by atoms with E-state index in [0.717, 1.165) is 17.1 Å². The molecule has 1 N–H and O–H groups in total. The molecule has 0 saturated heterocycles. The van der Waals surface area contributed by atoms with Gasteiger partial charge < -0.3 is 14.8 Å². The van der Waals surface area contributed by atoms with Gasteiger partial charge in [0.15, 0.2) is 11.5 Å². The number of fused-ring (bicyclic) bond motifs is 1. The van der Waals surface area contributed by atoms with Crippen LogP contribution in [0.15, 0.2) is 54.6 Å². The van der Waals surface area contributed by atoms with E-state index in [1.54, 1.807) is 6.07 Å². The molecule has 1 aliphatic rings. The number of nitrogens with one attached hydrogen (secondary N) is 1. The molecule has 1 aromatic heterocycles. The maximum atomic E-state index is 12.7. The number of amides is 1. The van der Waals surface area contributed by atoms with Gasteiger partial charge in [-0.25, -0.2) is 4.68 Å². The molecule has 26 heavy (non-hydrogen) atoms. The lowest BCUT2D eigenvalue weighted by Crippen LogP contribution is -2.40. The molecule has 0 radical (unpaired) electrons. The van der Waals surface area contributed by atoms with Gasteiger partial charge in [0.1, 0.15) is 6.61 Å². The molecule has 6 nitrogen and oxygen atoms in total. The Morgan fingerprint density at radius 3 is 2.54 bits per heavy atom. The molecule has 0 fully saturated rings. The quantitative estimate of drug-likeness (QED) is 0.788. The number of carbonyl (C=O) groups is 1. The molecule has 6 heteroatoms. The van der Waals surface area contributed by atoms with Gasteiger partial charge in [0.05, 0.1) is 22.8 Å². The van der Waals surface area contributed by atoms with Crippen LogP contribution in [0, 0.1) is 13.8 Å². The molecule has 132 valence electrons. The predicted molar refractivity (Wildman–Crippen MR) is 98.0 cm³/mol. The van der Waals surface area contributed by atoms with Crippen LogP contribution in [-0.4, -0.2) is 28.4 Å². The molecule has 0 saturated carbocycles. The van der Waals surface area contributed by atoms with Crippen molar-refractivity contribution in [2.45, 2.75) is 20.0 Å². The number of nitrogens with zero attached hydrogens (tertiary/aromatic N) is 2. The Kier molecular flexibility index (Phi) is 4.08.